The van der Waals surface area contributed by atoms with Crippen molar-refractivity contribution in [3.8, 4) is 11.4 Å². The molecule has 5 aromatic rings. The summed E-state index contributed by atoms with van der Waals surface area (Å²) in [7, 11) is 0. The van der Waals surface area contributed by atoms with Crippen LogP contribution in [0.25, 0.3) is 11.4 Å². The summed E-state index contributed by atoms with van der Waals surface area (Å²) in [5.74, 6) is 0.642. The standard InChI is InChI=1S/C32H33N7O2/c1-32(2,3)24-14-12-23(13-15-24)30(41)35-27-7-4-6-25(26(27)20-40)29-36-28(37-31(33)38-29)18-21-8-10-22(11-9-21)19-39-17-5-16-34-39/h4-17,40H,18-20H2,1-3H3,(H,35,41)(H2,33,36,37,38). The molecule has 9 heteroatoms. The molecule has 1 amide bonds. The summed E-state index contributed by atoms with van der Waals surface area (Å²) in [6.45, 7) is 6.74. The van der Waals surface area contributed by atoms with Gasteiger partial charge in [0.2, 0.25) is 5.95 Å². The minimum absolute atomic E-state index is 0.0112. The maximum atomic E-state index is 13.1. The third-order valence-electron chi connectivity index (χ3n) is 6.82. The SMILES string of the molecule is CC(C)(C)c1ccc(C(=O)Nc2cccc(-c3nc(N)nc(Cc4ccc(Cn5cccn5)cc4)n3)c2CO)cc1. The zero-order valence-corrected chi connectivity index (χ0v) is 23.4. The van der Waals surface area contributed by atoms with Gasteiger partial charge in [-0.05, 0) is 46.4 Å². The van der Waals surface area contributed by atoms with Crippen LogP contribution >= 0.6 is 0 Å². The smallest absolute Gasteiger partial charge is 0.255 e. The summed E-state index contributed by atoms with van der Waals surface area (Å²) in [5, 5.41) is 17.5. The first-order valence-electron chi connectivity index (χ1n) is 13.4. The summed E-state index contributed by atoms with van der Waals surface area (Å²) in [4.78, 5) is 26.4. The van der Waals surface area contributed by atoms with Gasteiger partial charge in [-0.1, -0.05) is 69.3 Å². The molecule has 208 valence electrons. The van der Waals surface area contributed by atoms with Crippen LogP contribution in [0.15, 0.2) is 85.2 Å². The highest BCUT2D eigenvalue weighted by atomic mass is 16.3. The molecule has 0 aliphatic carbocycles. The fraction of sp³-hybridized carbons (Fsp3) is 0.219. The normalized spacial score (nSPS) is 11.4. The predicted octanol–water partition coefficient (Wildman–Crippen LogP) is 5.00. The molecule has 41 heavy (non-hydrogen) atoms. The number of benzene rings is 3. The number of aliphatic hydroxyl groups is 1. The summed E-state index contributed by atoms with van der Waals surface area (Å²) >= 11 is 0. The number of anilines is 2. The van der Waals surface area contributed by atoms with E-state index in [1.807, 2.05) is 41.2 Å². The van der Waals surface area contributed by atoms with Crippen LogP contribution in [0.1, 0.15) is 59.2 Å². The zero-order valence-electron chi connectivity index (χ0n) is 23.4. The molecule has 0 saturated heterocycles. The van der Waals surface area contributed by atoms with Gasteiger partial charge in [-0.15, -0.1) is 0 Å². The van der Waals surface area contributed by atoms with Gasteiger partial charge in [0.25, 0.3) is 5.91 Å². The van der Waals surface area contributed by atoms with Crippen LogP contribution in [0.5, 0.6) is 0 Å². The first kappa shape index (κ1) is 27.7. The molecular weight excluding hydrogens is 514 g/mol. The van der Waals surface area contributed by atoms with E-state index >= 15 is 0 Å². The number of nitrogens with one attached hydrogen (secondary N) is 1. The third-order valence-corrected chi connectivity index (χ3v) is 6.82. The molecule has 0 atom stereocenters. The molecule has 0 unspecified atom stereocenters. The third kappa shape index (κ3) is 6.64. The quantitative estimate of drug-likeness (QED) is 0.249. The van der Waals surface area contributed by atoms with Crippen molar-refractivity contribution in [1.29, 1.82) is 0 Å². The number of nitrogens with two attached hydrogens (primary N) is 1. The van der Waals surface area contributed by atoms with E-state index in [-0.39, 0.29) is 23.9 Å². The van der Waals surface area contributed by atoms with Crippen molar-refractivity contribution in [2.24, 2.45) is 0 Å². The second kappa shape index (κ2) is 11.7. The minimum atomic E-state index is -0.326. The van der Waals surface area contributed by atoms with E-state index in [4.69, 9.17) is 5.73 Å². The van der Waals surface area contributed by atoms with Crippen LogP contribution in [0.2, 0.25) is 0 Å². The van der Waals surface area contributed by atoms with E-state index in [1.54, 1.807) is 36.5 Å². The van der Waals surface area contributed by atoms with Gasteiger partial charge < -0.3 is 16.2 Å². The van der Waals surface area contributed by atoms with E-state index in [0.29, 0.717) is 47.0 Å². The molecule has 3 aromatic carbocycles. The molecule has 2 aromatic heterocycles. The molecule has 4 N–H and O–H groups in total. The number of hydrogen-bond acceptors (Lipinski definition) is 7. The molecule has 0 radical (unpaired) electrons. The van der Waals surface area contributed by atoms with Gasteiger partial charge >= 0.3 is 0 Å². The van der Waals surface area contributed by atoms with E-state index in [1.165, 1.54) is 0 Å². The van der Waals surface area contributed by atoms with Gasteiger partial charge in [0.1, 0.15) is 5.82 Å². The lowest BCUT2D eigenvalue weighted by atomic mass is 9.86. The summed E-state index contributed by atoms with van der Waals surface area (Å²) in [6, 6.07) is 22.9. The highest BCUT2D eigenvalue weighted by Crippen LogP contribution is 2.29. The molecule has 9 nitrogen and oxygen atoms in total. The van der Waals surface area contributed by atoms with Crippen molar-refractivity contribution in [3.63, 3.8) is 0 Å². The van der Waals surface area contributed by atoms with Gasteiger partial charge in [0.15, 0.2) is 5.82 Å². The Bertz CT molecular complexity index is 1640. The number of nitrogens with zero attached hydrogens (tertiary/aromatic N) is 5. The number of carbonyl (C=O) groups excluding carboxylic acids is 1. The predicted molar refractivity (Wildman–Crippen MR) is 159 cm³/mol. The number of aromatic nitrogens is 5. The van der Waals surface area contributed by atoms with Crippen molar-refractivity contribution in [1.82, 2.24) is 24.7 Å². The number of hydrogen-bond donors (Lipinski definition) is 3. The highest BCUT2D eigenvalue weighted by molar-refractivity contribution is 6.05. The van der Waals surface area contributed by atoms with Gasteiger partial charge in [-0.2, -0.15) is 15.1 Å². The van der Waals surface area contributed by atoms with Gasteiger partial charge in [-0.3, -0.25) is 9.48 Å². The first-order chi connectivity index (χ1) is 19.7. The maximum Gasteiger partial charge on any atom is 0.255 e. The molecule has 0 spiro atoms. The van der Waals surface area contributed by atoms with Crippen LogP contribution in [0.4, 0.5) is 11.6 Å². The Labute approximate surface area is 239 Å². The average Bonchev–Trinajstić information content (AvgIpc) is 3.46. The Morgan fingerprint density at radius 3 is 2.32 bits per heavy atom. The Hall–Kier alpha value is -4.89. The number of rotatable bonds is 8. The lowest BCUT2D eigenvalue weighted by Crippen LogP contribution is -2.15. The van der Waals surface area contributed by atoms with Crippen LogP contribution in [0, 0.1) is 0 Å². The van der Waals surface area contributed by atoms with Crippen LogP contribution in [-0.4, -0.2) is 35.7 Å². The van der Waals surface area contributed by atoms with E-state index in [0.717, 1.165) is 16.7 Å². The Morgan fingerprint density at radius 2 is 1.66 bits per heavy atom. The zero-order chi connectivity index (χ0) is 29.0. The molecule has 0 fully saturated rings. The lowest BCUT2D eigenvalue weighted by Gasteiger charge is -2.19. The summed E-state index contributed by atoms with van der Waals surface area (Å²) < 4.78 is 1.87. The highest BCUT2D eigenvalue weighted by Gasteiger charge is 2.18. The number of carbonyl (C=O) groups is 1. The molecular formula is C32H33N7O2. The number of aliphatic hydroxyl groups excluding tert-OH is 1. The average molecular weight is 548 g/mol. The Balaban J connectivity index is 1.36. The van der Waals surface area contributed by atoms with E-state index in [2.05, 4.69) is 58.3 Å². The Kier molecular flexibility index (Phi) is 7.89. The van der Waals surface area contributed by atoms with Gasteiger partial charge in [-0.25, -0.2) is 4.98 Å². The summed E-state index contributed by atoms with van der Waals surface area (Å²) in [6.07, 6.45) is 4.14. The van der Waals surface area contributed by atoms with Crippen molar-refractivity contribution in [3.05, 3.63) is 119 Å². The molecule has 0 saturated carbocycles. The molecule has 0 aliphatic rings. The van der Waals surface area contributed by atoms with Crippen LogP contribution in [-0.2, 0) is 25.0 Å². The van der Waals surface area contributed by atoms with Gasteiger partial charge in [0, 0.05) is 41.2 Å². The first-order valence-corrected chi connectivity index (χ1v) is 13.4. The number of amides is 1. The van der Waals surface area contributed by atoms with E-state index in [9.17, 15) is 9.90 Å². The fourth-order valence-corrected chi connectivity index (χ4v) is 4.56. The number of nitrogen functional groups attached to an aromatic ring is 1. The monoisotopic (exact) mass is 547 g/mol. The van der Waals surface area contributed by atoms with Gasteiger partial charge in [0.05, 0.1) is 13.2 Å². The second-order valence-electron chi connectivity index (χ2n) is 10.9. The second-order valence-corrected chi connectivity index (χ2v) is 10.9. The topological polar surface area (TPSA) is 132 Å². The minimum Gasteiger partial charge on any atom is -0.392 e. The van der Waals surface area contributed by atoms with E-state index < -0.39 is 0 Å². The Morgan fingerprint density at radius 1 is 0.927 bits per heavy atom. The summed E-state index contributed by atoms with van der Waals surface area (Å²) in [5.41, 5.74) is 11.4. The molecule has 5 rings (SSSR count). The molecule has 0 aliphatic heterocycles. The molecule has 0 bridgehead atoms. The maximum absolute atomic E-state index is 13.1. The van der Waals surface area contributed by atoms with Crippen molar-refractivity contribution < 1.29 is 9.90 Å². The van der Waals surface area contributed by atoms with Crippen LogP contribution < -0.4 is 11.1 Å². The largest absolute Gasteiger partial charge is 0.392 e. The van der Waals surface area contributed by atoms with Crippen LogP contribution in [0.3, 0.4) is 0 Å². The van der Waals surface area contributed by atoms with Crippen molar-refractivity contribution in [2.45, 2.75) is 45.8 Å². The molecule has 2 heterocycles. The lowest BCUT2D eigenvalue weighted by molar-refractivity contribution is 0.102. The fourth-order valence-electron chi connectivity index (χ4n) is 4.56. The van der Waals surface area contributed by atoms with Crippen molar-refractivity contribution >= 4 is 17.5 Å². The van der Waals surface area contributed by atoms with Crippen molar-refractivity contribution in [2.75, 3.05) is 11.1 Å².